The van der Waals surface area contributed by atoms with Crippen LogP contribution in [0.4, 0.5) is 4.39 Å². The Balaban J connectivity index is 2.78. The molecule has 1 aromatic carbocycles. The van der Waals surface area contributed by atoms with Crippen molar-refractivity contribution in [2.75, 3.05) is 20.3 Å². The highest BCUT2D eigenvalue weighted by atomic mass is 35.5. The second-order valence-corrected chi connectivity index (χ2v) is 7.20. The van der Waals surface area contributed by atoms with Gasteiger partial charge in [0, 0.05) is 18.7 Å². The van der Waals surface area contributed by atoms with Crippen LogP contribution in [0.1, 0.15) is 12.5 Å². The molecule has 1 amide bonds. The molecule has 0 aliphatic rings. The summed E-state index contributed by atoms with van der Waals surface area (Å²) in [6.07, 6.45) is 0. The summed E-state index contributed by atoms with van der Waals surface area (Å²) in [4.78, 5) is 11.8. The molecule has 8 heteroatoms. The Kier molecular flexibility index (Phi) is 6.57. The molecule has 5 nitrogen and oxygen atoms in total. The van der Waals surface area contributed by atoms with E-state index in [1.165, 1.54) is 20.1 Å². The zero-order chi connectivity index (χ0) is 16.0. The van der Waals surface area contributed by atoms with Crippen LogP contribution >= 0.6 is 11.6 Å². The molecule has 0 bridgehead atoms. The molecule has 21 heavy (non-hydrogen) atoms. The zero-order valence-electron chi connectivity index (χ0n) is 11.7. The van der Waals surface area contributed by atoms with Gasteiger partial charge < -0.3 is 10.1 Å². The molecule has 0 saturated carbocycles. The minimum absolute atomic E-state index is 0.0190. The van der Waals surface area contributed by atoms with Crippen LogP contribution < -0.4 is 5.32 Å². The molecule has 118 valence electrons. The van der Waals surface area contributed by atoms with Crippen molar-refractivity contribution in [3.63, 3.8) is 0 Å². The van der Waals surface area contributed by atoms with Gasteiger partial charge >= 0.3 is 0 Å². The monoisotopic (exact) mass is 337 g/mol. The summed E-state index contributed by atoms with van der Waals surface area (Å²) in [5.74, 6) is -1.58. The van der Waals surface area contributed by atoms with E-state index in [0.29, 0.717) is 6.61 Å². The quantitative estimate of drug-likeness (QED) is 0.766. The van der Waals surface area contributed by atoms with Crippen LogP contribution in [0, 0.1) is 5.82 Å². The van der Waals surface area contributed by atoms with E-state index in [-0.39, 0.29) is 17.1 Å². The van der Waals surface area contributed by atoms with E-state index in [2.05, 4.69) is 5.32 Å². The Morgan fingerprint density at radius 2 is 2.14 bits per heavy atom. The maximum absolute atomic E-state index is 12.9. The number of carbonyl (C=O) groups is 1. The summed E-state index contributed by atoms with van der Waals surface area (Å²) in [7, 11) is -2.27. The van der Waals surface area contributed by atoms with E-state index >= 15 is 0 Å². The van der Waals surface area contributed by atoms with Crippen molar-refractivity contribution in [3.05, 3.63) is 34.6 Å². The number of amides is 1. The summed E-state index contributed by atoms with van der Waals surface area (Å²) in [5.41, 5.74) is 0.259. The van der Waals surface area contributed by atoms with Crippen LogP contribution in [-0.2, 0) is 25.1 Å². The first-order valence-electron chi connectivity index (χ1n) is 6.20. The van der Waals surface area contributed by atoms with Gasteiger partial charge in [-0.1, -0.05) is 17.7 Å². The molecule has 1 N–H and O–H groups in total. The normalized spacial score (nSPS) is 13.0. The minimum atomic E-state index is -3.74. The molecule has 0 heterocycles. The molecular weight excluding hydrogens is 321 g/mol. The summed E-state index contributed by atoms with van der Waals surface area (Å²) < 4.78 is 42.0. The topological polar surface area (TPSA) is 72.5 Å². The first-order chi connectivity index (χ1) is 9.77. The van der Waals surface area contributed by atoms with E-state index in [1.54, 1.807) is 0 Å². The van der Waals surface area contributed by atoms with Crippen LogP contribution in [0.2, 0.25) is 5.02 Å². The lowest BCUT2D eigenvalue weighted by molar-refractivity contribution is -0.120. The van der Waals surface area contributed by atoms with Gasteiger partial charge in [-0.2, -0.15) is 0 Å². The Labute approximate surface area is 128 Å². The highest BCUT2D eigenvalue weighted by Crippen LogP contribution is 2.21. The number of ether oxygens (including phenoxy) is 1. The SMILES string of the molecule is COCCNC(=O)[C@H](C)S(=O)(=O)Cc1ccc(F)cc1Cl. The molecular formula is C13H17ClFNO4S. The van der Waals surface area contributed by atoms with Crippen molar-refractivity contribution in [2.45, 2.75) is 17.9 Å². The van der Waals surface area contributed by atoms with Crippen molar-refractivity contribution in [3.8, 4) is 0 Å². The Bertz CT molecular complexity index is 606. The van der Waals surface area contributed by atoms with Gasteiger partial charge in [0.25, 0.3) is 0 Å². The van der Waals surface area contributed by atoms with E-state index in [1.807, 2.05) is 0 Å². The van der Waals surface area contributed by atoms with Gasteiger partial charge in [-0.25, -0.2) is 12.8 Å². The van der Waals surface area contributed by atoms with Crippen molar-refractivity contribution < 1.29 is 22.3 Å². The van der Waals surface area contributed by atoms with Gasteiger partial charge in [0.2, 0.25) is 5.91 Å². The van der Waals surface area contributed by atoms with Crippen LogP contribution in [0.5, 0.6) is 0 Å². The second-order valence-electron chi connectivity index (χ2n) is 4.47. The Hall–Kier alpha value is -1.18. The third-order valence-electron chi connectivity index (χ3n) is 2.89. The fourth-order valence-corrected chi connectivity index (χ4v) is 3.22. The van der Waals surface area contributed by atoms with Crippen LogP contribution in [-0.4, -0.2) is 39.8 Å². The van der Waals surface area contributed by atoms with E-state index in [0.717, 1.165) is 12.1 Å². The van der Waals surface area contributed by atoms with Gasteiger partial charge in [0.05, 0.1) is 12.4 Å². The zero-order valence-corrected chi connectivity index (χ0v) is 13.3. The van der Waals surface area contributed by atoms with E-state index in [4.69, 9.17) is 16.3 Å². The van der Waals surface area contributed by atoms with Crippen LogP contribution in [0.25, 0.3) is 0 Å². The lowest BCUT2D eigenvalue weighted by Gasteiger charge is -2.14. The molecule has 0 aromatic heterocycles. The summed E-state index contributed by atoms with van der Waals surface area (Å²) in [5, 5.41) is 1.26. The maximum Gasteiger partial charge on any atom is 0.238 e. The fraction of sp³-hybridized carbons (Fsp3) is 0.462. The van der Waals surface area contributed by atoms with Crippen LogP contribution in [0.15, 0.2) is 18.2 Å². The van der Waals surface area contributed by atoms with Gasteiger partial charge in [-0.05, 0) is 24.6 Å². The molecule has 0 saturated heterocycles. The smallest absolute Gasteiger partial charge is 0.238 e. The average molecular weight is 338 g/mol. The third kappa shape index (κ3) is 5.26. The highest BCUT2D eigenvalue weighted by molar-refractivity contribution is 7.92. The first kappa shape index (κ1) is 17.9. The van der Waals surface area contributed by atoms with Gasteiger partial charge in [0.15, 0.2) is 9.84 Å². The molecule has 1 rings (SSSR count). The minimum Gasteiger partial charge on any atom is -0.383 e. The van der Waals surface area contributed by atoms with Gasteiger partial charge in [-0.3, -0.25) is 4.79 Å². The molecule has 0 fully saturated rings. The highest BCUT2D eigenvalue weighted by Gasteiger charge is 2.28. The number of nitrogens with one attached hydrogen (secondary N) is 1. The number of sulfone groups is 1. The summed E-state index contributed by atoms with van der Waals surface area (Å²) in [6, 6.07) is 3.46. The number of benzene rings is 1. The van der Waals surface area contributed by atoms with Gasteiger partial charge in [-0.15, -0.1) is 0 Å². The lowest BCUT2D eigenvalue weighted by atomic mass is 10.2. The molecule has 1 atom stereocenters. The number of methoxy groups -OCH3 is 1. The Morgan fingerprint density at radius 3 is 2.71 bits per heavy atom. The Morgan fingerprint density at radius 1 is 1.48 bits per heavy atom. The lowest BCUT2D eigenvalue weighted by Crippen LogP contribution is -2.39. The standard InChI is InChI=1S/C13H17ClFNO4S/c1-9(13(17)16-5-6-20-2)21(18,19)8-10-3-4-11(15)7-12(10)14/h3-4,7,9H,5-6,8H2,1-2H3,(H,16,17)/t9-/m0/s1. The maximum atomic E-state index is 12.9. The average Bonchev–Trinajstić information content (AvgIpc) is 2.41. The number of hydrogen-bond acceptors (Lipinski definition) is 4. The van der Waals surface area contributed by atoms with Gasteiger partial charge in [0.1, 0.15) is 11.1 Å². The van der Waals surface area contributed by atoms with Crippen molar-refractivity contribution in [1.29, 1.82) is 0 Å². The summed E-state index contributed by atoms with van der Waals surface area (Å²) >= 11 is 5.80. The number of hydrogen-bond donors (Lipinski definition) is 1. The fourth-order valence-electron chi connectivity index (χ4n) is 1.56. The largest absolute Gasteiger partial charge is 0.383 e. The number of rotatable bonds is 7. The van der Waals surface area contributed by atoms with E-state index in [9.17, 15) is 17.6 Å². The molecule has 0 aliphatic heterocycles. The number of halogens is 2. The molecule has 1 aromatic rings. The second kappa shape index (κ2) is 7.72. The van der Waals surface area contributed by atoms with Crippen molar-refractivity contribution >= 4 is 27.3 Å². The molecule has 0 unspecified atom stereocenters. The number of carbonyl (C=O) groups excluding carboxylic acids is 1. The van der Waals surface area contributed by atoms with Crippen LogP contribution in [0.3, 0.4) is 0 Å². The molecule has 0 aliphatic carbocycles. The predicted molar refractivity (Wildman–Crippen MR) is 78.4 cm³/mol. The predicted octanol–water partition coefficient (Wildman–Crippen LogP) is 1.54. The third-order valence-corrected chi connectivity index (χ3v) is 5.24. The molecule has 0 radical (unpaired) electrons. The molecule has 0 spiro atoms. The van der Waals surface area contributed by atoms with E-state index < -0.39 is 32.6 Å². The van der Waals surface area contributed by atoms with Crippen molar-refractivity contribution in [1.82, 2.24) is 5.32 Å². The van der Waals surface area contributed by atoms with Crippen molar-refractivity contribution in [2.24, 2.45) is 0 Å². The summed E-state index contributed by atoms with van der Waals surface area (Å²) in [6.45, 7) is 1.82. The first-order valence-corrected chi connectivity index (χ1v) is 8.29.